The molecule has 1 saturated carbocycles. The zero-order valence-electron chi connectivity index (χ0n) is 18.0. The van der Waals surface area contributed by atoms with Gasteiger partial charge in [-0.25, -0.2) is 4.39 Å². The van der Waals surface area contributed by atoms with Gasteiger partial charge in [0.05, 0.1) is 18.2 Å². The molecule has 0 amide bonds. The molecule has 0 bridgehead atoms. The molecule has 1 heterocycles. The second kappa shape index (κ2) is 10.4. The van der Waals surface area contributed by atoms with Gasteiger partial charge in [-0.3, -0.25) is 4.90 Å². The highest BCUT2D eigenvalue weighted by Crippen LogP contribution is 2.26. The predicted octanol–water partition coefficient (Wildman–Crippen LogP) is 6.13. The molecule has 0 atom stereocenters. The molecule has 160 valence electrons. The van der Waals surface area contributed by atoms with Crippen molar-refractivity contribution in [2.24, 2.45) is 5.92 Å². The first kappa shape index (κ1) is 21.3. The molecule has 0 aliphatic heterocycles. The van der Waals surface area contributed by atoms with Crippen molar-refractivity contribution in [1.82, 2.24) is 9.47 Å². The maximum absolute atomic E-state index is 14.2. The van der Waals surface area contributed by atoms with Gasteiger partial charge >= 0.3 is 0 Å². The van der Waals surface area contributed by atoms with Crippen molar-refractivity contribution < 1.29 is 4.39 Å². The molecule has 1 aliphatic rings. The summed E-state index contributed by atoms with van der Waals surface area (Å²) in [6.45, 7) is 3.23. The molecule has 3 nitrogen and oxygen atoms in total. The standard InChI is InChI=1S/C27H30FN3/c28-27-14-5-4-12-25(27)20-31-15-7-13-26(31)21-30(18-22-8-2-1-3-9-22)19-24-11-6-10-23(16-24)17-29/h4-7,10-16,22H,1-3,8-9,18-21H2. The Morgan fingerprint density at radius 1 is 0.968 bits per heavy atom. The summed E-state index contributed by atoms with van der Waals surface area (Å²) in [4.78, 5) is 2.50. The van der Waals surface area contributed by atoms with E-state index in [0.29, 0.717) is 17.7 Å². The summed E-state index contributed by atoms with van der Waals surface area (Å²) in [6, 6.07) is 21.4. The van der Waals surface area contributed by atoms with Crippen molar-refractivity contribution >= 4 is 0 Å². The second-order valence-electron chi connectivity index (χ2n) is 8.70. The average molecular weight is 416 g/mol. The number of aromatic nitrogens is 1. The van der Waals surface area contributed by atoms with E-state index in [0.717, 1.165) is 25.6 Å². The second-order valence-corrected chi connectivity index (χ2v) is 8.70. The van der Waals surface area contributed by atoms with Gasteiger partial charge in [-0.2, -0.15) is 5.26 Å². The number of halogens is 1. The van der Waals surface area contributed by atoms with E-state index >= 15 is 0 Å². The van der Waals surface area contributed by atoms with Crippen LogP contribution in [-0.4, -0.2) is 16.0 Å². The fraction of sp³-hybridized carbons (Fsp3) is 0.370. The van der Waals surface area contributed by atoms with Crippen LogP contribution in [0.25, 0.3) is 0 Å². The van der Waals surface area contributed by atoms with Gasteiger partial charge < -0.3 is 4.57 Å². The van der Waals surface area contributed by atoms with E-state index in [-0.39, 0.29) is 5.82 Å². The highest BCUT2D eigenvalue weighted by Gasteiger charge is 2.19. The Balaban J connectivity index is 1.52. The molecule has 1 aliphatic carbocycles. The molecule has 1 fully saturated rings. The molecule has 2 aromatic carbocycles. The lowest BCUT2D eigenvalue weighted by Gasteiger charge is -2.30. The van der Waals surface area contributed by atoms with Gasteiger partial charge in [-0.15, -0.1) is 0 Å². The fourth-order valence-electron chi connectivity index (χ4n) is 4.70. The van der Waals surface area contributed by atoms with Crippen molar-refractivity contribution in [1.29, 1.82) is 5.26 Å². The number of hydrogen-bond donors (Lipinski definition) is 0. The van der Waals surface area contributed by atoms with Crippen LogP contribution in [0.4, 0.5) is 4.39 Å². The van der Waals surface area contributed by atoms with E-state index in [2.05, 4.69) is 27.7 Å². The van der Waals surface area contributed by atoms with Crippen molar-refractivity contribution in [2.45, 2.75) is 51.7 Å². The first-order valence-corrected chi connectivity index (χ1v) is 11.3. The van der Waals surface area contributed by atoms with Crippen LogP contribution in [0.15, 0.2) is 66.9 Å². The number of benzene rings is 2. The van der Waals surface area contributed by atoms with E-state index in [4.69, 9.17) is 0 Å². The molecule has 0 saturated heterocycles. The van der Waals surface area contributed by atoms with Crippen LogP contribution < -0.4 is 0 Å². The molecular weight excluding hydrogens is 385 g/mol. The highest BCUT2D eigenvalue weighted by molar-refractivity contribution is 5.32. The minimum Gasteiger partial charge on any atom is -0.346 e. The van der Waals surface area contributed by atoms with Crippen molar-refractivity contribution in [3.05, 3.63) is 95.1 Å². The summed E-state index contributed by atoms with van der Waals surface area (Å²) in [6.07, 6.45) is 8.64. The normalized spacial score (nSPS) is 14.6. The Labute approximate surface area is 184 Å². The summed E-state index contributed by atoms with van der Waals surface area (Å²) >= 11 is 0. The molecule has 0 unspecified atom stereocenters. The summed E-state index contributed by atoms with van der Waals surface area (Å²) in [5.74, 6) is 0.567. The Morgan fingerprint density at radius 3 is 2.61 bits per heavy atom. The maximum Gasteiger partial charge on any atom is 0.128 e. The Morgan fingerprint density at radius 2 is 1.81 bits per heavy atom. The summed E-state index contributed by atoms with van der Waals surface area (Å²) in [7, 11) is 0. The molecule has 31 heavy (non-hydrogen) atoms. The average Bonchev–Trinajstić information content (AvgIpc) is 3.22. The van der Waals surface area contributed by atoms with Crippen LogP contribution in [0.5, 0.6) is 0 Å². The van der Waals surface area contributed by atoms with Crippen LogP contribution in [0.1, 0.15) is 54.5 Å². The first-order chi connectivity index (χ1) is 15.2. The molecule has 3 aromatic rings. The molecule has 4 heteroatoms. The largest absolute Gasteiger partial charge is 0.346 e. The summed E-state index contributed by atoms with van der Waals surface area (Å²) in [5, 5.41) is 9.27. The topological polar surface area (TPSA) is 32.0 Å². The van der Waals surface area contributed by atoms with E-state index in [9.17, 15) is 9.65 Å². The lowest BCUT2D eigenvalue weighted by molar-refractivity contribution is 0.183. The quantitative estimate of drug-likeness (QED) is 0.443. The monoisotopic (exact) mass is 415 g/mol. The van der Waals surface area contributed by atoms with Crippen molar-refractivity contribution in [3.63, 3.8) is 0 Å². The van der Waals surface area contributed by atoms with Crippen LogP contribution in [0, 0.1) is 23.1 Å². The number of nitriles is 1. The number of nitrogens with zero attached hydrogens (tertiary/aromatic N) is 3. The Bertz CT molecular complexity index is 1030. The van der Waals surface area contributed by atoms with Crippen LogP contribution in [-0.2, 0) is 19.6 Å². The lowest BCUT2D eigenvalue weighted by atomic mass is 9.89. The van der Waals surface area contributed by atoms with E-state index < -0.39 is 0 Å². The van der Waals surface area contributed by atoms with Gasteiger partial charge in [0, 0.05) is 37.1 Å². The third-order valence-electron chi connectivity index (χ3n) is 6.31. The third kappa shape index (κ3) is 5.83. The lowest BCUT2D eigenvalue weighted by Crippen LogP contribution is -2.30. The molecule has 0 radical (unpaired) electrons. The SMILES string of the molecule is N#Cc1cccc(CN(Cc2cccn2Cc2ccccc2F)CC2CCCCC2)c1. The van der Waals surface area contributed by atoms with Crippen molar-refractivity contribution in [2.75, 3.05) is 6.54 Å². The summed E-state index contributed by atoms with van der Waals surface area (Å²) in [5.41, 5.74) is 3.77. The molecule has 0 N–H and O–H groups in total. The van der Waals surface area contributed by atoms with Gasteiger partial charge in [-0.05, 0) is 54.7 Å². The third-order valence-corrected chi connectivity index (χ3v) is 6.31. The minimum absolute atomic E-state index is 0.158. The molecular formula is C27H30FN3. The smallest absolute Gasteiger partial charge is 0.128 e. The van der Waals surface area contributed by atoms with E-state index in [1.165, 1.54) is 49.4 Å². The minimum atomic E-state index is -0.158. The first-order valence-electron chi connectivity index (χ1n) is 11.3. The number of rotatable bonds is 8. The molecule has 4 rings (SSSR count). The molecule has 1 aromatic heterocycles. The zero-order valence-corrected chi connectivity index (χ0v) is 18.0. The molecule has 0 spiro atoms. The van der Waals surface area contributed by atoms with Crippen LogP contribution in [0.3, 0.4) is 0 Å². The highest BCUT2D eigenvalue weighted by atomic mass is 19.1. The van der Waals surface area contributed by atoms with Crippen LogP contribution in [0.2, 0.25) is 0 Å². The predicted molar refractivity (Wildman–Crippen MR) is 122 cm³/mol. The van der Waals surface area contributed by atoms with Gasteiger partial charge in [0.1, 0.15) is 5.82 Å². The van der Waals surface area contributed by atoms with Gasteiger partial charge in [-0.1, -0.05) is 49.6 Å². The van der Waals surface area contributed by atoms with Gasteiger partial charge in [0.25, 0.3) is 0 Å². The zero-order chi connectivity index (χ0) is 21.5. The Hall–Kier alpha value is -2.90. The summed E-state index contributed by atoms with van der Waals surface area (Å²) < 4.78 is 16.3. The number of hydrogen-bond acceptors (Lipinski definition) is 2. The fourth-order valence-corrected chi connectivity index (χ4v) is 4.70. The van der Waals surface area contributed by atoms with Gasteiger partial charge in [0.15, 0.2) is 0 Å². The maximum atomic E-state index is 14.2. The van der Waals surface area contributed by atoms with Crippen molar-refractivity contribution in [3.8, 4) is 6.07 Å². The van der Waals surface area contributed by atoms with Crippen LogP contribution >= 0.6 is 0 Å². The Kier molecular flexibility index (Phi) is 7.17. The van der Waals surface area contributed by atoms with E-state index in [1.807, 2.05) is 42.6 Å². The van der Waals surface area contributed by atoms with Gasteiger partial charge in [0.2, 0.25) is 0 Å². The van der Waals surface area contributed by atoms with E-state index in [1.54, 1.807) is 6.07 Å².